The van der Waals surface area contributed by atoms with Crippen LogP contribution in [0.1, 0.15) is 80.6 Å². The Labute approximate surface area is 103 Å². The van der Waals surface area contributed by atoms with Gasteiger partial charge in [-0.15, -0.1) is 0 Å². The molecule has 0 rings (SSSR count). The van der Waals surface area contributed by atoms with Gasteiger partial charge in [0.05, 0.1) is 0 Å². The molecule has 1 atom stereocenters. The predicted molar refractivity (Wildman–Crippen MR) is 74.9 cm³/mol. The van der Waals surface area contributed by atoms with Crippen molar-refractivity contribution in [2.45, 2.75) is 92.2 Å². The molecule has 0 radical (unpaired) electrons. The molecule has 0 bridgehead atoms. The molecule has 0 aliphatic carbocycles. The standard InChI is InChI=1S/C15H33N/c1-8-9-10-13(16-15(5,6)7)11-12-14(2,3)4/h13,16H,8-12H2,1-7H3/t13-/m0/s1. The largest absolute Gasteiger partial charge is 0.309 e. The second-order valence-electron chi connectivity index (χ2n) is 7.33. The van der Waals surface area contributed by atoms with Gasteiger partial charge in [0.2, 0.25) is 0 Å². The molecule has 0 aliphatic heterocycles. The molecule has 0 unspecified atom stereocenters. The molecule has 0 saturated carbocycles. The topological polar surface area (TPSA) is 12.0 Å². The van der Waals surface area contributed by atoms with Crippen LogP contribution in [0.5, 0.6) is 0 Å². The summed E-state index contributed by atoms with van der Waals surface area (Å²) in [7, 11) is 0. The van der Waals surface area contributed by atoms with Crippen molar-refractivity contribution < 1.29 is 0 Å². The first-order valence-electron chi connectivity index (χ1n) is 6.92. The van der Waals surface area contributed by atoms with Crippen LogP contribution in [0.2, 0.25) is 0 Å². The van der Waals surface area contributed by atoms with Gasteiger partial charge in [0.25, 0.3) is 0 Å². The first kappa shape index (κ1) is 16.0. The van der Waals surface area contributed by atoms with Gasteiger partial charge in [-0.3, -0.25) is 0 Å². The molecule has 0 aliphatic rings. The molecule has 0 saturated heterocycles. The van der Waals surface area contributed by atoms with Crippen molar-refractivity contribution in [3.63, 3.8) is 0 Å². The number of hydrogen-bond acceptors (Lipinski definition) is 1. The maximum Gasteiger partial charge on any atom is 0.00990 e. The Morgan fingerprint density at radius 3 is 1.88 bits per heavy atom. The van der Waals surface area contributed by atoms with E-state index in [2.05, 4.69) is 53.8 Å². The summed E-state index contributed by atoms with van der Waals surface area (Å²) in [6, 6.07) is 0.694. The van der Waals surface area contributed by atoms with Crippen LogP contribution >= 0.6 is 0 Å². The molecular weight excluding hydrogens is 194 g/mol. The van der Waals surface area contributed by atoms with Crippen molar-refractivity contribution in [1.29, 1.82) is 0 Å². The molecule has 0 fully saturated rings. The summed E-state index contributed by atoms with van der Waals surface area (Å²) >= 11 is 0. The molecule has 98 valence electrons. The van der Waals surface area contributed by atoms with Crippen LogP contribution in [0, 0.1) is 5.41 Å². The summed E-state index contributed by atoms with van der Waals surface area (Å²) in [4.78, 5) is 0. The molecule has 0 heterocycles. The summed E-state index contributed by atoms with van der Waals surface area (Å²) in [5.41, 5.74) is 0.709. The molecule has 16 heavy (non-hydrogen) atoms. The highest BCUT2D eigenvalue weighted by atomic mass is 15.0. The third-order valence-electron chi connectivity index (χ3n) is 2.79. The van der Waals surface area contributed by atoms with Crippen LogP contribution in [-0.2, 0) is 0 Å². The Morgan fingerprint density at radius 2 is 1.50 bits per heavy atom. The summed E-state index contributed by atoms with van der Waals surface area (Å²) in [6.45, 7) is 16.1. The lowest BCUT2D eigenvalue weighted by Crippen LogP contribution is -2.44. The van der Waals surface area contributed by atoms with Gasteiger partial charge in [-0.1, -0.05) is 40.5 Å². The average molecular weight is 227 g/mol. The van der Waals surface area contributed by atoms with Crippen LogP contribution in [-0.4, -0.2) is 11.6 Å². The van der Waals surface area contributed by atoms with E-state index in [9.17, 15) is 0 Å². The van der Waals surface area contributed by atoms with E-state index in [0.717, 1.165) is 0 Å². The molecule has 0 aromatic rings. The Bertz CT molecular complexity index is 171. The Kier molecular flexibility index (Phi) is 6.62. The van der Waals surface area contributed by atoms with Gasteiger partial charge in [0.15, 0.2) is 0 Å². The zero-order valence-corrected chi connectivity index (χ0v) is 12.6. The zero-order chi connectivity index (χ0) is 12.8. The molecule has 0 spiro atoms. The first-order valence-corrected chi connectivity index (χ1v) is 6.92. The van der Waals surface area contributed by atoms with Crippen LogP contribution in [0.3, 0.4) is 0 Å². The quantitative estimate of drug-likeness (QED) is 0.690. The average Bonchev–Trinajstić information content (AvgIpc) is 2.06. The number of unbranched alkanes of at least 4 members (excludes halogenated alkanes) is 1. The SMILES string of the molecule is CCCC[C@@H](CCC(C)(C)C)NC(C)(C)C. The number of rotatable bonds is 6. The van der Waals surface area contributed by atoms with Gasteiger partial charge in [0, 0.05) is 11.6 Å². The maximum absolute atomic E-state index is 3.76. The molecule has 1 nitrogen and oxygen atoms in total. The zero-order valence-electron chi connectivity index (χ0n) is 12.6. The summed E-state index contributed by atoms with van der Waals surface area (Å²) in [5.74, 6) is 0. The lowest BCUT2D eigenvalue weighted by Gasteiger charge is -2.30. The van der Waals surface area contributed by atoms with Crippen LogP contribution in [0.4, 0.5) is 0 Å². The smallest absolute Gasteiger partial charge is 0.00990 e. The van der Waals surface area contributed by atoms with Gasteiger partial charge in [-0.25, -0.2) is 0 Å². The van der Waals surface area contributed by atoms with Crippen molar-refractivity contribution in [1.82, 2.24) is 5.32 Å². The fraction of sp³-hybridized carbons (Fsp3) is 1.00. The second kappa shape index (κ2) is 6.64. The minimum Gasteiger partial charge on any atom is -0.309 e. The Hall–Kier alpha value is -0.0400. The van der Waals surface area contributed by atoms with Crippen molar-refractivity contribution in [2.75, 3.05) is 0 Å². The molecule has 0 aromatic carbocycles. The van der Waals surface area contributed by atoms with E-state index in [0.29, 0.717) is 11.5 Å². The number of nitrogens with one attached hydrogen (secondary N) is 1. The lowest BCUT2D eigenvalue weighted by atomic mass is 9.87. The molecule has 1 N–H and O–H groups in total. The van der Waals surface area contributed by atoms with Crippen molar-refractivity contribution in [2.24, 2.45) is 5.41 Å². The minimum atomic E-state index is 0.246. The summed E-state index contributed by atoms with van der Waals surface area (Å²) in [5, 5.41) is 3.76. The molecule has 1 heteroatoms. The predicted octanol–water partition coefficient (Wildman–Crippen LogP) is 4.76. The van der Waals surface area contributed by atoms with Gasteiger partial charge < -0.3 is 5.32 Å². The third-order valence-corrected chi connectivity index (χ3v) is 2.79. The van der Waals surface area contributed by atoms with E-state index in [1.54, 1.807) is 0 Å². The summed E-state index contributed by atoms with van der Waals surface area (Å²) < 4.78 is 0. The molecular formula is C15H33N. The molecule has 0 amide bonds. The second-order valence-corrected chi connectivity index (χ2v) is 7.33. The van der Waals surface area contributed by atoms with Crippen LogP contribution in [0.25, 0.3) is 0 Å². The fourth-order valence-electron chi connectivity index (χ4n) is 1.96. The highest BCUT2D eigenvalue weighted by Crippen LogP contribution is 2.23. The summed E-state index contributed by atoms with van der Waals surface area (Å²) in [6.07, 6.45) is 6.59. The van der Waals surface area contributed by atoms with Gasteiger partial charge in [-0.05, 0) is 45.4 Å². The van der Waals surface area contributed by atoms with E-state index < -0.39 is 0 Å². The van der Waals surface area contributed by atoms with Crippen molar-refractivity contribution in [3.8, 4) is 0 Å². The first-order chi connectivity index (χ1) is 7.14. The lowest BCUT2D eigenvalue weighted by molar-refractivity contribution is 0.279. The monoisotopic (exact) mass is 227 g/mol. The van der Waals surface area contributed by atoms with E-state index in [4.69, 9.17) is 0 Å². The highest BCUT2D eigenvalue weighted by molar-refractivity contribution is 4.79. The molecule has 0 aromatic heterocycles. The highest BCUT2D eigenvalue weighted by Gasteiger charge is 2.19. The van der Waals surface area contributed by atoms with Crippen LogP contribution < -0.4 is 5.32 Å². The fourth-order valence-corrected chi connectivity index (χ4v) is 1.96. The van der Waals surface area contributed by atoms with E-state index in [1.807, 2.05) is 0 Å². The third kappa shape index (κ3) is 10.5. The van der Waals surface area contributed by atoms with Crippen molar-refractivity contribution in [3.05, 3.63) is 0 Å². The van der Waals surface area contributed by atoms with Gasteiger partial charge in [0.1, 0.15) is 0 Å². The number of hydrogen-bond donors (Lipinski definition) is 1. The normalized spacial score (nSPS) is 15.2. The van der Waals surface area contributed by atoms with Crippen molar-refractivity contribution >= 4 is 0 Å². The van der Waals surface area contributed by atoms with Gasteiger partial charge >= 0.3 is 0 Å². The van der Waals surface area contributed by atoms with Gasteiger partial charge in [-0.2, -0.15) is 0 Å². The van der Waals surface area contributed by atoms with E-state index in [-0.39, 0.29) is 5.54 Å². The minimum absolute atomic E-state index is 0.246. The Morgan fingerprint density at radius 1 is 0.938 bits per heavy atom. The maximum atomic E-state index is 3.76. The van der Waals surface area contributed by atoms with Crippen LogP contribution in [0.15, 0.2) is 0 Å². The Balaban J connectivity index is 4.10. The van der Waals surface area contributed by atoms with E-state index in [1.165, 1.54) is 32.1 Å². The van der Waals surface area contributed by atoms with E-state index >= 15 is 0 Å².